The molecule has 2 aliphatic rings. The lowest BCUT2D eigenvalue weighted by Crippen LogP contribution is -2.34. The number of fused-ring (bicyclic) bond motifs is 5. The van der Waals surface area contributed by atoms with E-state index in [9.17, 15) is 19.7 Å². The molecule has 9 heteroatoms. The molecule has 28 heavy (non-hydrogen) atoms. The number of benzene rings is 1. The normalized spacial score (nSPS) is 17.0. The summed E-state index contributed by atoms with van der Waals surface area (Å²) in [5, 5.41) is 12.9. The van der Waals surface area contributed by atoms with Crippen molar-refractivity contribution in [3.63, 3.8) is 0 Å². The lowest BCUT2D eigenvalue weighted by Gasteiger charge is -2.24. The number of nitro groups is 1. The van der Waals surface area contributed by atoms with Gasteiger partial charge in [-0.3, -0.25) is 19.5 Å². The quantitative estimate of drug-likeness (QED) is 0.298. The fourth-order valence-corrected chi connectivity index (χ4v) is 3.98. The fraction of sp³-hybridized carbons (Fsp3) is 0.211. The maximum atomic E-state index is 13.1. The van der Waals surface area contributed by atoms with Crippen LogP contribution in [0.3, 0.4) is 0 Å². The van der Waals surface area contributed by atoms with Crippen molar-refractivity contribution in [1.29, 1.82) is 0 Å². The van der Waals surface area contributed by atoms with Crippen LogP contribution < -0.4 is 5.56 Å². The molecule has 0 saturated heterocycles. The number of hydrogen-bond acceptors (Lipinski definition) is 7. The molecule has 0 fully saturated rings. The molecule has 0 aliphatic carbocycles. The number of hydrogen-bond donors (Lipinski definition) is 0. The second kappa shape index (κ2) is 5.70. The molecule has 2 aromatic heterocycles. The number of nitrogens with zero attached hydrogens (tertiary/aromatic N) is 3. The highest BCUT2D eigenvalue weighted by Gasteiger charge is 2.43. The molecular weight excluding hydrogens is 366 g/mol. The minimum absolute atomic E-state index is 0.0391. The Morgan fingerprint density at radius 1 is 1.32 bits per heavy atom. The van der Waals surface area contributed by atoms with Gasteiger partial charge in [-0.05, 0) is 12.1 Å². The highest BCUT2D eigenvalue weighted by atomic mass is 16.6. The lowest BCUT2D eigenvalue weighted by molar-refractivity contribution is -0.386. The van der Waals surface area contributed by atoms with E-state index in [1.807, 2.05) is 24.3 Å². The zero-order valence-electron chi connectivity index (χ0n) is 14.7. The SMILES string of the molecule is COC1C(=O)OCc2c1c([N+](=O)[O-])c1n(c2=O)Cc2cc3ccccc3nc2-1. The molecule has 1 atom stereocenters. The number of aromatic nitrogens is 2. The van der Waals surface area contributed by atoms with E-state index in [1.54, 1.807) is 6.07 Å². The van der Waals surface area contributed by atoms with E-state index < -0.39 is 22.6 Å². The van der Waals surface area contributed by atoms with Crippen molar-refractivity contribution in [2.45, 2.75) is 19.3 Å². The molecule has 2 aliphatic heterocycles. The maximum Gasteiger partial charge on any atom is 0.340 e. The molecule has 0 amide bonds. The predicted octanol–water partition coefficient (Wildman–Crippen LogP) is 2.08. The Morgan fingerprint density at radius 2 is 2.11 bits per heavy atom. The summed E-state index contributed by atoms with van der Waals surface area (Å²) in [7, 11) is 1.25. The molecule has 0 N–H and O–H groups in total. The lowest BCUT2D eigenvalue weighted by atomic mass is 9.97. The zero-order valence-corrected chi connectivity index (χ0v) is 14.7. The summed E-state index contributed by atoms with van der Waals surface area (Å²) in [6.45, 7) is -0.152. The van der Waals surface area contributed by atoms with Crippen LogP contribution in [0, 0.1) is 10.1 Å². The van der Waals surface area contributed by atoms with E-state index >= 15 is 0 Å². The average molecular weight is 379 g/mol. The van der Waals surface area contributed by atoms with Crippen LogP contribution in [0.5, 0.6) is 0 Å². The second-order valence-corrected chi connectivity index (χ2v) is 6.65. The van der Waals surface area contributed by atoms with Gasteiger partial charge in [0.05, 0.1) is 33.8 Å². The van der Waals surface area contributed by atoms with Gasteiger partial charge in [0.1, 0.15) is 12.3 Å². The Morgan fingerprint density at radius 3 is 2.86 bits per heavy atom. The number of carbonyl (C=O) groups is 1. The minimum atomic E-state index is -1.33. The topological polar surface area (TPSA) is 114 Å². The molecule has 0 spiro atoms. The molecule has 1 aromatic carbocycles. The van der Waals surface area contributed by atoms with Gasteiger partial charge in [-0.2, -0.15) is 0 Å². The molecule has 1 unspecified atom stereocenters. The Balaban J connectivity index is 1.91. The Labute approximate surface area is 157 Å². The van der Waals surface area contributed by atoms with Crippen LogP contribution in [-0.2, 0) is 27.4 Å². The first-order valence-corrected chi connectivity index (χ1v) is 8.53. The molecule has 4 heterocycles. The third-order valence-electron chi connectivity index (χ3n) is 5.19. The third-order valence-corrected chi connectivity index (χ3v) is 5.19. The Bertz CT molecular complexity index is 1260. The number of carbonyl (C=O) groups excluding carboxylic acids is 1. The number of rotatable bonds is 2. The highest BCUT2D eigenvalue weighted by Crippen LogP contribution is 2.43. The number of ether oxygens (including phenoxy) is 2. The number of methoxy groups -OCH3 is 1. The molecule has 9 nitrogen and oxygen atoms in total. The van der Waals surface area contributed by atoms with E-state index in [0.717, 1.165) is 5.39 Å². The van der Waals surface area contributed by atoms with E-state index in [1.165, 1.54) is 11.7 Å². The summed E-state index contributed by atoms with van der Waals surface area (Å²) in [5.74, 6) is -0.757. The molecule has 0 radical (unpaired) electrons. The molecule has 0 saturated carbocycles. The average Bonchev–Trinajstić information content (AvgIpc) is 3.04. The van der Waals surface area contributed by atoms with E-state index in [4.69, 9.17) is 9.47 Å². The Kier molecular flexibility index (Phi) is 3.37. The fourth-order valence-electron chi connectivity index (χ4n) is 3.98. The van der Waals surface area contributed by atoms with Crippen LogP contribution in [0.25, 0.3) is 22.3 Å². The van der Waals surface area contributed by atoms with E-state index in [2.05, 4.69) is 4.98 Å². The van der Waals surface area contributed by atoms with Gasteiger partial charge in [-0.25, -0.2) is 9.78 Å². The van der Waals surface area contributed by atoms with Crippen LogP contribution in [0.4, 0.5) is 5.69 Å². The number of cyclic esters (lactones) is 1. The smallest absolute Gasteiger partial charge is 0.340 e. The van der Waals surface area contributed by atoms with Gasteiger partial charge < -0.3 is 9.47 Å². The van der Waals surface area contributed by atoms with Crippen molar-refractivity contribution >= 4 is 22.6 Å². The first-order chi connectivity index (χ1) is 13.5. The summed E-state index contributed by atoms with van der Waals surface area (Å²) in [6.07, 6.45) is -1.33. The number of esters is 1. The first-order valence-electron chi connectivity index (χ1n) is 8.53. The van der Waals surface area contributed by atoms with Crippen LogP contribution in [-0.4, -0.2) is 27.6 Å². The molecule has 0 bridgehead atoms. The Hall–Kier alpha value is -3.59. The molecule has 140 valence electrons. The van der Waals surface area contributed by atoms with Crippen molar-refractivity contribution in [3.05, 3.63) is 67.5 Å². The van der Waals surface area contributed by atoms with Gasteiger partial charge in [-0.15, -0.1) is 0 Å². The van der Waals surface area contributed by atoms with Crippen molar-refractivity contribution in [2.24, 2.45) is 0 Å². The molecule has 5 rings (SSSR count). The van der Waals surface area contributed by atoms with E-state index in [0.29, 0.717) is 16.8 Å². The van der Waals surface area contributed by atoms with Gasteiger partial charge in [0.15, 0.2) is 6.10 Å². The summed E-state index contributed by atoms with van der Waals surface area (Å²) < 4.78 is 11.5. The van der Waals surface area contributed by atoms with E-state index in [-0.39, 0.29) is 35.7 Å². The standard InChI is InChI=1S/C19H13N3O6/c1-27-17-13-11(8-28-19(17)24)18(23)21-7-10-6-9-4-2-3-5-12(9)20-14(10)16(21)15(13)22(25)26/h2-6,17H,7-8H2,1H3. The van der Waals surface area contributed by atoms with Gasteiger partial charge in [0.2, 0.25) is 0 Å². The number of para-hydroxylation sites is 1. The van der Waals surface area contributed by atoms with Crippen molar-refractivity contribution in [2.75, 3.05) is 7.11 Å². The van der Waals surface area contributed by atoms with Gasteiger partial charge >= 0.3 is 11.7 Å². The highest BCUT2D eigenvalue weighted by molar-refractivity contribution is 5.88. The minimum Gasteiger partial charge on any atom is -0.458 e. The molecule has 3 aromatic rings. The second-order valence-electron chi connectivity index (χ2n) is 6.65. The van der Waals surface area contributed by atoms with Crippen molar-refractivity contribution in [3.8, 4) is 11.4 Å². The summed E-state index contributed by atoms with van der Waals surface area (Å²) in [5.41, 5.74) is 1.11. The summed E-state index contributed by atoms with van der Waals surface area (Å²) >= 11 is 0. The van der Waals surface area contributed by atoms with Gasteiger partial charge in [0, 0.05) is 18.1 Å². The first kappa shape index (κ1) is 16.6. The van der Waals surface area contributed by atoms with Crippen molar-refractivity contribution in [1.82, 2.24) is 9.55 Å². The van der Waals surface area contributed by atoms with Crippen LogP contribution in [0.1, 0.15) is 22.8 Å². The summed E-state index contributed by atoms with van der Waals surface area (Å²) in [6, 6.07) is 9.26. The maximum absolute atomic E-state index is 13.1. The van der Waals surface area contributed by atoms with Crippen molar-refractivity contribution < 1.29 is 19.2 Å². The monoisotopic (exact) mass is 379 g/mol. The van der Waals surface area contributed by atoms with Gasteiger partial charge in [-0.1, -0.05) is 18.2 Å². The van der Waals surface area contributed by atoms with Crippen LogP contribution in [0.15, 0.2) is 35.1 Å². The predicted molar refractivity (Wildman–Crippen MR) is 96.7 cm³/mol. The molecular formula is C19H13N3O6. The zero-order chi connectivity index (χ0) is 19.6. The summed E-state index contributed by atoms with van der Waals surface area (Å²) in [4.78, 5) is 41.2. The van der Waals surface area contributed by atoms with Crippen LogP contribution >= 0.6 is 0 Å². The number of pyridine rings is 2. The van der Waals surface area contributed by atoms with Crippen LogP contribution in [0.2, 0.25) is 0 Å². The largest absolute Gasteiger partial charge is 0.458 e. The van der Waals surface area contributed by atoms with Gasteiger partial charge in [0.25, 0.3) is 5.56 Å². The third kappa shape index (κ3) is 2.07.